The van der Waals surface area contributed by atoms with Gasteiger partial charge in [0.15, 0.2) is 0 Å². The first-order valence-electron chi connectivity index (χ1n) is 6.59. The minimum Gasteiger partial charge on any atom is -0.306 e. The van der Waals surface area contributed by atoms with Crippen molar-refractivity contribution < 1.29 is 4.39 Å². The number of halogens is 1. The van der Waals surface area contributed by atoms with E-state index in [9.17, 15) is 4.39 Å². The summed E-state index contributed by atoms with van der Waals surface area (Å²) in [6.45, 7) is 8.97. The van der Waals surface area contributed by atoms with Crippen molar-refractivity contribution in [2.24, 2.45) is 0 Å². The van der Waals surface area contributed by atoms with E-state index in [0.29, 0.717) is 5.56 Å². The Morgan fingerprint density at radius 1 is 1.16 bits per heavy atom. The lowest BCUT2D eigenvalue weighted by atomic mass is 10.0. The second-order valence-corrected chi connectivity index (χ2v) is 6.18. The summed E-state index contributed by atoms with van der Waals surface area (Å²) in [6.07, 6.45) is 0. The smallest absolute Gasteiger partial charge is 0.126 e. The topological polar surface area (TPSA) is 12.0 Å². The number of thiophene rings is 1. The molecule has 19 heavy (non-hydrogen) atoms. The quantitative estimate of drug-likeness (QED) is 0.867. The van der Waals surface area contributed by atoms with Crippen LogP contribution in [-0.4, -0.2) is 6.54 Å². The summed E-state index contributed by atoms with van der Waals surface area (Å²) in [4.78, 5) is 2.57. The average Bonchev–Trinajstić information content (AvgIpc) is 2.70. The minimum absolute atomic E-state index is 0.0810. The van der Waals surface area contributed by atoms with Crippen molar-refractivity contribution in [2.75, 3.05) is 6.54 Å². The third-order valence-corrected chi connectivity index (χ3v) is 4.62. The van der Waals surface area contributed by atoms with Gasteiger partial charge < -0.3 is 5.32 Å². The van der Waals surface area contributed by atoms with E-state index >= 15 is 0 Å². The van der Waals surface area contributed by atoms with E-state index in [0.717, 1.165) is 12.1 Å². The summed E-state index contributed by atoms with van der Waals surface area (Å²) in [7, 11) is 0. The van der Waals surface area contributed by atoms with Crippen molar-refractivity contribution in [1.29, 1.82) is 0 Å². The maximum atomic E-state index is 13.8. The molecule has 2 aromatic rings. The molecule has 1 N–H and O–H groups in total. The van der Waals surface area contributed by atoms with Gasteiger partial charge in [0, 0.05) is 9.75 Å². The van der Waals surface area contributed by atoms with E-state index in [4.69, 9.17) is 0 Å². The summed E-state index contributed by atoms with van der Waals surface area (Å²) in [5.41, 5.74) is 2.99. The second kappa shape index (κ2) is 5.85. The normalized spacial score (nSPS) is 12.7. The summed E-state index contributed by atoms with van der Waals surface area (Å²) >= 11 is 1.78. The molecular formula is C16H20FNS. The van der Waals surface area contributed by atoms with Gasteiger partial charge in [0.25, 0.3) is 0 Å². The van der Waals surface area contributed by atoms with Crippen LogP contribution in [0.3, 0.4) is 0 Å². The SMILES string of the molecule is CCNC(c1ccc(C)c(F)c1)c1cc(C)c(C)s1. The largest absolute Gasteiger partial charge is 0.306 e. The monoisotopic (exact) mass is 277 g/mol. The molecule has 0 fully saturated rings. The summed E-state index contributed by atoms with van der Waals surface area (Å²) in [5.74, 6) is -0.134. The fraction of sp³-hybridized carbons (Fsp3) is 0.375. The van der Waals surface area contributed by atoms with Gasteiger partial charge in [-0.15, -0.1) is 11.3 Å². The van der Waals surface area contributed by atoms with Crippen molar-refractivity contribution in [3.8, 4) is 0 Å². The highest BCUT2D eigenvalue weighted by molar-refractivity contribution is 7.12. The number of hydrogen-bond acceptors (Lipinski definition) is 2. The number of nitrogens with one attached hydrogen (secondary N) is 1. The van der Waals surface area contributed by atoms with Crippen LogP contribution in [0, 0.1) is 26.6 Å². The molecule has 1 nitrogen and oxygen atoms in total. The van der Waals surface area contributed by atoms with Crippen LogP contribution in [0.25, 0.3) is 0 Å². The van der Waals surface area contributed by atoms with E-state index in [1.54, 1.807) is 24.3 Å². The molecule has 0 amide bonds. The Hall–Kier alpha value is -1.19. The van der Waals surface area contributed by atoms with Crippen LogP contribution >= 0.6 is 11.3 Å². The molecule has 1 aromatic carbocycles. The maximum Gasteiger partial charge on any atom is 0.126 e. The van der Waals surface area contributed by atoms with E-state index in [1.165, 1.54) is 15.3 Å². The first kappa shape index (κ1) is 14.2. The summed E-state index contributed by atoms with van der Waals surface area (Å²) < 4.78 is 13.8. The zero-order chi connectivity index (χ0) is 14.0. The van der Waals surface area contributed by atoms with Crippen molar-refractivity contribution in [3.05, 3.63) is 56.5 Å². The van der Waals surface area contributed by atoms with Gasteiger partial charge >= 0.3 is 0 Å². The van der Waals surface area contributed by atoms with Crippen LogP contribution in [-0.2, 0) is 0 Å². The fourth-order valence-electron chi connectivity index (χ4n) is 2.12. The Labute approximate surface area is 118 Å². The van der Waals surface area contributed by atoms with Crippen LogP contribution in [0.1, 0.15) is 39.4 Å². The van der Waals surface area contributed by atoms with Crippen molar-refractivity contribution in [3.63, 3.8) is 0 Å². The minimum atomic E-state index is -0.134. The van der Waals surface area contributed by atoms with Crippen molar-refractivity contribution in [2.45, 2.75) is 33.7 Å². The lowest BCUT2D eigenvalue weighted by molar-refractivity contribution is 0.600. The van der Waals surface area contributed by atoms with Gasteiger partial charge in [-0.05, 0) is 56.1 Å². The predicted molar refractivity (Wildman–Crippen MR) is 80.4 cm³/mol. The Morgan fingerprint density at radius 3 is 2.42 bits per heavy atom. The highest BCUT2D eigenvalue weighted by Crippen LogP contribution is 2.31. The third kappa shape index (κ3) is 3.04. The van der Waals surface area contributed by atoms with Gasteiger partial charge in [-0.1, -0.05) is 19.1 Å². The van der Waals surface area contributed by atoms with E-state index in [-0.39, 0.29) is 11.9 Å². The summed E-state index contributed by atoms with van der Waals surface area (Å²) in [5, 5.41) is 3.45. The van der Waals surface area contributed by atoms with Gasteiger partial charge in [0.2, 0.25) is 0 Å². The molecule has 0 saturated carbocycles. The van der Waals surface area contributed by atoms with E-state index < -0.39 is 0 Å². The molecule has 0 bridgehead atoms. The lowest BCUT2D eigenvalue weighted by Gasteiger charge is -2.17. The summed E-state index contributed by atoms with van der Waals surface area (Å²) in [6, 6.07) is 7.79. The van der Waals surface area contributed by atoms with E-state index in [1.807, 2.05) is 12.1 Å². The highest BCUT2D eigenvalue weighted by atomic mass is 32.1. The molecule has 1 unspecified atom stereocenters. The van der Waals surface area contributed by atoms with Crippen LogP contribution in [0.2, 0.25) is 0 Å². The average molecular weight is 277 g/mol. The Morgan fingerprint density at radius 2 is 1.89 bits per heavy atom. The Bertz CT molecular complexity index is 555. The Balaban J connectivity index is 2.41. The maximum absolute atomic E-state index is 13.8. The molecule has 0 aliphatic rings. The zero-order valence-electron chi connectivity index (χ0n) is 11.9. The number of aryl methyl sites for hydroxylation is 3. The third-order valence-electron chi connectivity index (χ3n) is 3.41. The molecule has 102 valence electrons. The van der Waals surface area contributed by atoms with Gasteiger partial charge in [0.05, 0.1) is 6.04 Å². The molecule has 0 spiro atoms. The molecule has 1 aromatic heterocycles. The van der Waals surface area contributed by atoms with E-state index in [2.05, 4.69) is 32.2 Å². The van der Waals surface area contributed by atoms with Gasteiger partial charge in [-0.3, -0.25) is 0 Å². The fourth-order valence-corrected chi connectivity index (χ4v) is 3.27. The molecule has 1 atom stereocenters. The second-order valence-electron chi connectivity index (χ2n) is 4.89. The molecule has 0 radical (unpaired) electrons. The lowest BCUT2D eigenvalue weighted by Crippen LogP contribution is -2.21. The molecule has 0 aliphatic heterocycles. The van der Waals surface area contributed by atoms with Crippen LogP contribution < -0.4 is 5.32 Å². The molecule has 0 saturated heterocycles. The van der Waals surface area contributed by atoms with Gasteiger partial charge in [-0.25, -0.2) is 4.39 Å². The molecule has 2 rings (SSSR count). The number of rotatable bonds is 4. The predicted octanol–water partition coefficient (Wildman–Crippen LogP) is 4.51. The first-order chi connectivity index (χ1) is 9.02. The first-order valence-corrected chi connectivity index (χ1v) is 7.41. The van der Waals surface area contributed by atoms with Gasteiger partial charge in [-0.2, -0.15) is 0 Å². The van der Waals surface area contributed by atoms with Crippen LogP contribution in [0.5, 0.6) is 0 Å². The van der Waals surface area contributed by atoms with Gasteiger partial charge in [0.1, 0.15) is 5.82 Å². The molecule has 3 heteroatoms. The van der Waals surface area contributed by atoms with Crippen LogP contribution in [0.15, 0.2) is 24.3 Å². The van der Waals surface area contributed by atoms with Crippen LogP contribution in [0.4, 0.5) is 4.39 Å². The molecule has 1 heterocycles. The standard InChI is InChI=1S/C16H20FNS/c1-5-18-16(15-8-11(3)12(4)19-15)13-7-6-10(2)14(17)9-13/h6-9,16,18H,5H2,1-4H3. The molecular weight excluding hydrogens is 257 g/mol. The van der Waals surface area contributed by atoms with Crippen molar-refractivity contribution in [1.82, 2.24) is 5.32 Å². The molecule has 0 aliphatic carbocycles. The highest BCUT2D eigenvalue weighted by Gasteiger charge is 2.17. The van der Waals surface area contributed by atoms with Crippen molar-refractivity contribution >= 4 is 11.3 Å². The Kier molecular flexibility index (Phi) is 4.38. The number of benzene rings is 1. The number of hydrogen-bond donors (Lipinski definition) is 1. The zero-order valence-corrected chi connectivity index (χ0v) is 12.7.